The number of benzene rings is 2. The number of hydrogen-bond acceptors (Lipinski definition) is 6. The maximum atomic E-state index is 14.2. The molecule has 0 aliphatic carbocycles. The highest BCUT2D eigenvalue weighted by molar-refractivity contribution is 7.89. The Balaban J connectivity index is 0.00000432. The van der Waals surface area contributed by atoms with Gasteiger partial charge in [-0.1, -0.05) is 37.7 Å². The van der Waals surface area contributed by atoms with Gasteiger partial charge in [-0.25, -0.2) is 17.8 Å². The Kier molecular flexibility index (Phi) is 10.6. The van der Waals surface area contributed by atoms with Crippen molar-refractivity contribution in [3.8, 4) is 0 Å². The molecule has 0 fully saturated rings. The predicted molar refractivity (Wildman–Crippen MR) is 143 cm³/mol. The maximum Gasteiger partial charge on any atom is 0.260 e. The lowest BCUT2D eigenvalue weighted by molar-refractivity contribution is 0.0985. The molecule has 2 aromatic carbocycles. The molecule has 7 nitrogen and oxygen atoms in total. The number of amides is 1. The molecule has 0 atom stereocenters. The van der Waals surface area contributed by atoms with Crippen LogP contribution in [0.5, 0.6) is 0 Å². The van der Waals surface area contributed by atoms with Crippen LogP contribution in [-0.4, -0.2) is 68.8 Å². The molecule has 3 rings (SSSR count). The van der Waals surface area contributed by atoms with E-state index >= 15 is 0 Å². The van der Waals surface area contributed by atoms with E-state index in [1.807, 2.05) is 32.8 Å². The summed E-state index contributed by atoms with van der Waals surface area (Å²) in [6.07, 6.45) is 1.69. The Bertz CT molecular complexity index is 1230. The lowest BCUT2D eigenvalue weighted by atomic mass is 10.2. The van der Waals surface area contributed by atoms with Crippen molar-refractivity contribution in [1.29, 1.82) is 0 Å². The summed E-state index contributed by atoms with van der Waals surface area (Å²) in [7, 11) is 0.170. The van der Waals surface area contributed by atoms with Crippen LogP contribution in [0.2, 0.25) is 0 Å². The summed E-state index contributed by atoms with van der Waals surface area (Å²) < 4.78 is 42.3. The van der Waals surface area contributed by atoms with Crippen molar-refractivity contribution in [2.24, 2.45) is 0 Å². The highest BCUT2D eigenvalue weighted by Crippen LogP contribution is 2.31. The third kappa shape index (κ3) is 6.77. The van der Waals surface area contributed by atoms with Crippen molar-refractivity contribution in [1.82, 2.24) is 14.2 Å². The number of rotatable bonds is 11. The lowest BCUT2D eigenvalue weighted by Crippen LogP contribution is -2.36. The van der Waals surface area contributed by atoms with Gasteiger partial charge >= 0.3 is 0 Å². The average Bonchev–Trinajstić information content (AvgIpc) is 3.24. The second kappa shape index (κ2) is 12.7. The Hall–Kier alpha value is -2.11. The van der Waals surface area contributed by atoms with E-state index in [9.17, 15) is 17.6 Å². The topological polar surface area (TPSA) is 73.8 Å². The Morgan fingerprint density at radius 1 is 1.03 bits per heavy atom. The van der Waals surface area contributed by atoms with E-state index in [1.165, 1.54) is 50.9 Å². The molecule has 0 unspecified atom stereocenters. The molecule has 0 saturated carbocycles. The molecule has 1 amide bonds. The third-order valence-corrected chi connectivity index (χ3v) is 8.49. The van der Waals surface area contributed by atoms with E-state index in [4.69, 9.17) is 0 Å². The van der Waals surface area contributed by atoms with Gasteiger partial charge in [-0.2, -0.15) is 4.31 Å². The smallest absolute Gasteiger partial charge is 0.260 e. The van der Waals surface area contributed by atoms with Gasteiger partial charge in [-0.3, -0.25) is 9.69 Å². The molecular weight excluding hydrogens is 511 g/mol. The number of carbonyl (C=O) groups excluding carboxylic acids is 1. The summed E-state index contributed by atoms with van der Waals surface area (Å²) in [4.78, 5) is 21.4. The molecule has 11 heteroatoms. The standard InChI is InChI=1S/C24H31FN4O3S2.ClH/c1-5-7-15-28(6-2)34(31,32)19-13-11-18(12-14-19)23(30)29(17-16-27(3)4)24-26-22-20(25)9-8-10-21(22)33-24;/h8-14H,5-7,15-17H2,1-4H3;1H. The number of aromatic nitrogens is 1. The quantitative estimate of drug-likeness (QED) is 0.345. The minimum absolute atomic E-state index is 0. The van der Waals surface area contributed by atoms with E-state index in [0.29, 0.717) is 41.6 Å². The minimum Gasteiger partial charge on any atom is -0.308 e. The number of carbonyl (C=O) groups is 1. The first kappa shape index (κ1) is 29.1. The summed E-state index contributed by atoms with van der Waals surface area (Å²) in [6, 6.07) is 10.7. The van der Waals surface area contributed by atoms with Crippen molar-refractivity contribution in [3.05, 3.63) is 53.8 Å². The van der Waals surface area contributed by atoms with E-state index in [2.05, 4.69) is 4.98 Å². The lowest BCUT2D eigenvalue weighted by Gasteiger charge is -2.23. The summed E-state index contributed by atoms with van der Waals surface area (Å²) in [5.41, 5.74) is 0.576. The van der Waals surface area contributed by atoms with Crippen molar-refractivity contribution >= 4 is 55.0 Å². The number of hydrogen-bond donors (Lipinski definition) is 0. The number of nitrogens with zero attached hydrogens (tertiary/aromatic N) is 4. The number of fused-ring (bicyclic) bond motifs is 1. The first-order valence-corrected chi connectivity index (χ1v) is 13.6. The van der Waals surface area contributed by atoms with Crippen LogP contribution in [0, 0.1) is 5.82 Å². The second-order valence-corrected chi connectivity index (χ2v) is 11.2. The maximum absolute atomic E-state index is 14.2. The number of likely N-dealkylation sites (N-methyl/N-ethyl adjacent to an activating group) is 1. The molecule has 3 aromatic rings. The predicted octanol–water partition coefficient (Wildman–Crippen LogP) is 4.88. The van der Waals surface area contributed by atoms with E-state index in [-0.39, 0.29) is 28.7 Å². The molecule has 0 aliphatic heterocycles. The Labute approximate surface area is 217 Å². The molecule has 35 heavy (non-hydrogen) atoms. The van der Waals surface area contributed by atoms with Gasteiger partial charge in [0.1, 0.15) is 11.3 Å². The molecule has 0 radical (unpaired) electrons. The zero-order valence-corrected chi connectivity index (χ0v) is 22.8. The Morgan fingerprint density at radius 3 is 2.29 bits per heavy atom. The monoisotopic (exact) mass is 542 g/mol. The zero-order valence-electron chi connectivity index (χ0n) is 20.4. The van der Waals surface area contributed by atoms with E-state index in [1.54, 1.807) is 12.1 Å². The number of anilines is 1. The van der Waals surface area contributed by atoms with Gasteiger partial charge in [0.15, 0.2) is 5.13 Å². The van der Waals surface area contributed by atoms with Gasteiger partial charge in [0.2, 0.25) is 10.0 Å². The molecule has 0 spiro atoms. The van der Waals surface area contributed by atoms with Crippen LogP contribution in [0.3, 0.4) is 0 Å². The fourth-order valence-electron chi connectivity index (χ4n) is 3.46. The zero-order chi connectivity index (χ0) is 24.9. The van der Waals surface area contributed by atoms with Crippen LogP contribution < -0.4 is 4.90 Å². The van der Waals surface area contributed by atoms with Crippen molar-refractivity contribution in [3.63, 3.8) is 0 Å². The summed E-state index contributed by atoms with van der Waals surface area (Å²) in [5.74, 6) is -0.748. The number of unbranched alkanes of at least 4 members (excludes halogenated alkanes) is 1. The van der Waals surface area contributed by atoms with E-state index < -0.39 is 15.8 Å². The number of thiazole rings is 1. The van der Waals surface area contributed by atoms with Gasteiger partial charge in [0.25, 0.3) is 5.91 Å². The van der Waals surface area contributed by atoms with Crippen molar-refractivity contribution in [2.45, 2.75) is 31.6 Å². The molecular formula is C24H32ClFN4O3S2. The fourth-order valence-corrected chi connectivity index (χ4v) is 5.95. The van der Waals surface area contributed by atoms with Gasteiger partial charge in [-0.05, 0) is 56.9 Å². The first-order valence-electron chi connectivity index (χ1n) is 11.3. The normalized spacial score (nSPS) is 11.7. The molecule has 0 aliphatic rings. The van der Waals surface area contributed by atoms with E-state index in [0.717, 1.165) is 12.8 Å². The summed E-state index contributed by atoms with van der Waals surface area (Å²) in [5, 5.41) is 0.403. The SMILES string of the molecule is CCCCN(CC)S(=O)(=O)c1ccc(C(=O)N(CCN(C)C)c2nc3c(F)cccc3s2)cc1.Cl. The van der Waals surface area contributed by atoms with Crippen LogP contribution in [-0.2, 0) is 10.0 Å². The summed E-state index contributed by atoms with van der Waals surface area (Å²) in [6.45, 7) is 5.61. The van der Waals surface area contributed by atoms with Crippen LogP contribution in [0.15, 0.2) is 47.4 Å². The molecule has 0 bridgehead atoms. The number of halogens is 2. The van der Waals surface area contributed by atoms with Gasteiger partial charge in [0, 0.05) is 31.7 Å². The Morgan fingerprint density at radius 2 is 1.71 bits per heavy atom. The highest BCUT2D eigenvalue weighted by Gasteiger charge is 2.25. The first-order chi connectivity index (χ1) is 16.2. The molecule has 0 N–H and O–H groups in total. The van der Waals surface area contributed by atoms with Crippen LogP contribution in [0.4, 0.5) is 9.52 Å². The molecule has 1 heterocycles. The largest absolute Gasteiger partial charge is 0.308 e. The molecule has 0 saturated heterocycles. The highest BCUT2D eigenvalue weighted by atomic mass is 35.5. The molecule has 1 aromatic heterocycles. The van der Waals surface area contributed by atoms with Crippen LogP contribution >= 0.6 is 23.7 Å². The van der Waals surface area contributed by atoms with Gasteiger partial charge in [-0.15, -0.1) is 12.4 Å². The summed E-state index contributed by atoms with van der Waals surface area (Å²) >= 11 is 1.25. The molecule has 192 valence electrons. The van der Waals surface area contributed by atoms with Gasteiger partial charge < -0.3 is 4.90 Å². The second-order valence-electron chi connectivity index (χ2n) is 8.22. The third-order valence-electron chi connectivity index (χ3n) is 5.46. The fraction of sp³-hybridized carbons (Fsp3) is 0.417. The number of sulfonamides is 1. The van der Waals surface area contributed by atoms with Crippen LogP contribution in [0.1, 0.15) is 37.0 Å². The number of para-hydroxylation sites is 1. The van der Waals surface area contributed by atoms with Crippen molar-refractivity contribution < 1.29 is 17.6 Å². The minimum atomic E-state index is -3.63. The van der Waals surface area contributed by atoms with Gasteiger partial charge in [0.05, 0.1) is 9.60 Å². The average molecular weight is 543 g/mol. The van der Waals surface area contributed by atoms with Crippen LogP contribution in [0.25, 0.3) is 10.2 Å². The van der Waals surface area contributed by atoms with Crippen molar-refractivity contribution in [2.75, 3.05) is 45.2 Å².